The van der Waals surface area contributed by atoms with Gasteiger partial charge in [-0.2, -0.15) is 0 Å². The average molecular weight is 292 g/mol. The van der Waals surface area contributed by atoms with Crippen LogP contribution in [0.15, 0.2) is 24.3 Å². The van der Waals surface area contributed by atoms with Crippen molar-refractivity contribution in [2.75, 3.05) is 18.5 Å². The van der Waals surface area contributed by atoms with Gasteiger partial charge < -0.3 is 10.4 Å². The second-order valence-corrected chi connectivity index (χ2v) is 5.50. The van der Waals surface area contributed by atoms with Gasteiger partial charge in [0.1, 0.15) is 0 Å². The van der Waals surface area contributed by atoms with Gasteiger partial charge in [0.25, 0.3) is 0 Å². The zero-order valence-electron chi connectivity index (χ0n) is 12.9. The molecule has 0 radical (unpaired) electrons. The second kappa shape index (κ2) is 8.29. The predicted octanol–water partition coefficient (Wildman–Crippen LogP) is 3.36. The summed E-state index contributed by atoms with van der Waals surface area (Å²) in [5, 5.41) is 12.0. The van der Waals surface area contributed by atoms with Crippen LogP contribution in [0.1, 0.15) is 43.5 Å². The quantitative estimate of drug-likeness (QED) is 0.757. The SMILES string of the molecule is CC(C)CCCCNC(=O)N(C)c1ccccc1C(=O)O. The number of nitrogens with one attached hydrogen (secondary N) is 1. The van der Waals surface area contributed by atoms with E-state index in [2.05, 4.69) is 19.2 Å². The van der Waals surface area contributed by atoms with E-state index in [-0.39, 0.29) is 11.6 Å². The van der Waals surface area contributed by atoms with Crippen LogP contribution in [-0.2, 0) is 0 Å². The van der Waals surface area contributed by atoms with Crippen LogP contribution < -0.4 is 10.2 Å². The van der Waals surface area contributed by atoms with Crippen LogP contribution in [0.25, 0.3) is 0 Å². The number of unbranched alkanes of at least 4 members (excludes halogenated alkanes) is 1. The van der Waals surface area contributed by atoms with Crippen molar-refractivity contribution in [1.82, 2.24) is 5.32 Å². The zero-order chi connectivity index (χ0) is 15.8. The minimum atomic E-state index is -1.04. The standard InChI is InChI=1S/C16H24N2O3/c1-12(2)8-6-7-11-17-16(21)18(3)14-10-5-4-9-13(14)15(19)20/h4-5,9-10,12H,6-8,11H2,1-3H3,(H,17,21)(H,19,20). The molecule has 1 rings (SSSR count). The van der Waals surface area contributed by atoms with Gasteiger partial charge in [0.15, 0.2) is 0 Å². The number of nitrogens with zero attached hydrogens (tertiary/aromatic N) is 1. The molecule has 1 aromatic carbocycles. The Hall–Kier alpha value is -2.04. The summed E-state index contributed by atoms with van der Waals surface area (Å²) in [6.07, 6.45) is 3.15. The molecule has 0 unspecified atom stereocenters. The van der Waals surface area contributed by atoms with Crippen molar-refractivity contribution < 1.29 is 14.7 Å². The van der Waals surface area contributed by atoms with Gasteiger partial charge in [0.2, 0.25) is 0 Å². The molecule has 0 spiro atoms. The number of amides is 2. The normalized spacial score (nSPS) is 10.5. The summed E-state index contributed by atoms with van der Waals surface area (Å²) < 4.78 is 0. The van der Waals surface area contributed by atoms with Crippen molar-refractivity contribution in [3.63, 3.8) is 0 Å². The van der Waals surface area contributed by atoms with Crippen molar-refractivity contribution >= 4 is 17.7 Å². The summed E-state index contributed by atoms with van der Waals surface area (Å²) in [5.74, 6) is -0.368. The van der Waals surface area contributed by atoms with E-state index < -0.39 is 5.97 Å². The molecule has 0 saturated heterocycles. The van der Waals surface area contributed by atoms with E-state index in [0.717, 1.165) is 19.3 Å². The van der Waals surface area contributed by atoms with Gasteiger partial charge in [0.05, 0.1) is 11.3 Å². The molecule has 0 saturated carbocycles. The lowest BCUT2D eigenvalue weighted by Crippen LogP contribution is -2.38. The first-order valence-corrected chi connectivity index (χ1v) is 7.27. The lowest BCUT2D eigenvalue weighted by atomic mass is 10.1. The molecule has 116 valence electrons. The smallest absolute Gasteiger partial charge is 0.337 e. The van der Waals surface area contributed by atoms with Gasteiger partial charge in [-0.15, -0.1) is 0 Å². The number of carbonyl (C=O) groups excluding carboxylic acids is 1. The number of anilines is 1. The third kappa shape index (κ3) is 5.45. The zero-order valence-corrected chi connectivity index (χ0v) is 12.9. The lowest BCUT2D eigenvalue weighted by Gasteiger charge is -2.20. The van der Waals surface area contributed by atoms with Crippen LogP contribution in [0, 0.1) is 5.92 Å². The fourth-order valence-electron chi connectivity index (χ4n) is 2.05. The van der Waals surface area contributed by atoms with E-state index in [1.54, 1.807) is 25.2 Å². The largest absolute Gasteiger partial charge is 0.478 e. The Morgan fingerprint density at radius 3 is 2.52 bits per heavy atom. The van der Waals surface area contributed by atoms with Gasteiger partial charge in [-0.25, -0.2) is 9.59 Å². The number of rotatable bonds is 7. The highest BCUT2D eigenvalue weighted by Crippen LogP contribution is 2.19. The fourth-order valence-corrected chi connectivity index (χ4v) is 2.05. The molecule has 0 heterocycles. The minimum Gasteiger partial charge on any atom is -0.478 e. The monoisotopic (exact) mass is 292 g/mol. The van der Waals surface area contributed by atoms with E-state index in [0.29, 0.717) is 18.2 Å². The molecule has 5 heteroatoms. The lowest BCUT2D eigenvalue weighted by molar-refractivity contribution is 0.0697. The topological polar surface area (TPSA) is 69.6 Å². The molecule has 21 heavy (non-hydrogen) atoms. The van der Waals surface area contributed by atoms with Crippen molar-refractivity contribution in [3.05, 3.63) is 29.8 Å². The number of urea groups is 1. The summed E-state index contributed by atoms with van der Waals surface area (Å²) in [7, 11) is 1.57. The molecular weight excluding hydrogens is 268 g/mol. The maximum Gasteiger partial charge on any atom is 0.337 e. The van der Waals surface area contributed by atoms with Gasteiger partial charge in [-0.05, 0) is 24.5 Å². The number of carbonyl (C=O) groups is 2. The van der Waals surface area contributed by atoms with Gasteiger partial charge >= 0.3 is 12.0 Å². The first-order chi connectivity index (χ1) is 9.93. The molecule has 5 nitrogen and oxygen atoms in total. The third-order valence-electron chi connectivity index (χ3n) is 3.28. The molecule has 0 atom stereocenters. The van der Waals surface area contributed by atoms with Gasteiger partial charge in [0, 0.05) is 13.6 Å². The fraction of sp³-hybridized carbons (Fsp3) is 0.500. The van der Waals surface area contributed by atoms with Crippen LogP contribution >= 0.6 is 0 Å². The number of hydrogen-bond donors (Lipinski definition) is 2. The number of hydrogen-bond acceptors (Lipinski definition) is 2. The van der Waals surface area contributed by atoms with E-state index in [1.165, 1.54) is 11.0 Å². The third-order valence-corrected chi connectivity index (χ3v) is 3.28. The number of carboxylic acid groups (broad SMARTS) is 1. The molecule has 2 amide bonds. The summed E-state index contributed by atoms with van der Waals surface area (Å²) in [6, 6.07) is 6.19. The molecule has 0 fully saturated rings. The average Bonchev–Trinajstić information content (AvgIpc) is 2.45. The Labute approximate surface area is 126 Å². The Morgan fingerprint density at radius 1 is 1.24 bits per heavy atom. The second-order valence-electron chi connectivity index (χ2n) is 5.50. The molecule has 0 aliphatic carbocycles. The first kappa shape index (κ1) is 17.0. The number of para-hydroxylation sites is 1. The van der Waals surface area contributed by atoms with Crippen LogP contribution in [0.2, 0.25) is 0 Å². The van der Waals surface area contributed by atoms with E-state index in [9.17, 15) is 9.59 Å². The molecule has 1 aromatic rings. The minimum absolute atomic E-state index is 0.120. The van der Waals surface area contributed by atoms with Crippen LogP contribution in [-0.4, -0.2) is 30.7 Å². The number of aromatic carboxylic acids is 1. The molecule has 0 bridgehead atoms. The summed E-state index contributed by atoms with van der Waals surface area (Å²) in [6.45, 7) is 4.95. The van der Waals surface area contributed by atoms with Gasteiger partial charge in [-0.3, -0.25) is 4.90 Å². The van der Waals surface area contributed by atoms with Crippen molar-refractivity contribution in [1.29, 1.82) is 0 Å². The molecule has 0 aromatic heterocycles. The highest BCUT2D eigenvalue weighted by atomic mass is 16.4. The van der Waals surface area contributed by atoms with Crippen LogP contribution in [0.4, 0.5) is 10.5 Å². The highest BCUT2D eigenvalue weighted by molar-refractivity contribution is 6.01. The van der Waals surface area contributed by atoms with Crippen molar-refractivity contribution in [2.24, 2.45) is 5.92 Å². The highest BCUT2D eigenvalue weighted by Gasteiger charge is 2.17. The number of benzene rings is 1. The van der Waals surface area contributed by atoms with Crippen molar-refractivity contribution in [3.8, 4) is 0 Å². The molecular formula is C16H24N2O3. The van der Waals surface area contributed by atoms with Crippen LogP contribution in [0.3, 0.4) is 0 Å². The summed E-state index contributed by atoms with van der Waals surface area (Å²) >= 11 is 0. The Morgan fingerprint density at radius 2 is 1.90 bits per heavy atom. The van der Waals surface area contributed by atoms with Gasteiger partial charge in [-0.1, -0.05) is 38.8 Å². The van der Waals surface area contributed by atoms with E-state index in [1.807, 2.05) is 0 Å². The van der Waals surface area contributed by atoms with Crippen LogP contribution in [0.5, 0.6) is 0 Å². The van der Waals surface area contributed by atoms with E-state index in [4.69, 9.17) is 5.11 Å². The predicted molar refractivity (Wildman–Crippen MR) is 83.9 cm³/mol. The summed E-state index contributed by atoms with van der Waals surface area (Å²) in [5.41, 5.74) is 0.514. The summed E-state index contributed by atoms with van der Waals surface area (Å²) in [4.78, 5) is 24.5. The van der Waals surface area contributed by atoms with E-state index >= 15 is 0 Å². The molecule has 0 aliphatic heterocycles. The first-order valence-electron chi connectivity index (χ1n) is 7.27. The number of carboxylic acids is 1. The Bertz CT molecular complexity index is 486. The molecule has 0 aliphatic rings. The Kier molecular flexibility index (Phi) is 6.72. The maximum absolute atomic E-state index is 12.0. The Balaban J connectivity index is 2.53. The van der Waals surface area contributed by atoms with Crippen molar-refractivity contribution in [2.45, 2.75) is 33.1 Å². The molecule has 2 N–H and O–H groups in total. The maximum atomic E-state index is 12.0.